The maximum absolute atomic E-state index is 10.2. The minimum Gasteiger partial charge on any atom is -0.435 e. The number of likely N-dealkylation sites (tertiary alicyclic amines) is 1. The van der Waals surface area contributed by atoms with Crippen molar-refractivity contribution in [2.24, 2.45) is 0 Å². The molecule has 0 spiro atoms. The number of hydrogen-bond donors (Lipinski definition) is 0. The second kappa shape index (κ2) is 9.08. The van der Waals surface area contributed by atoms with Crippen molar-refractivity contribution in [3.63, 3.8) is 0 Å². The lowest BCUT2D eigenvalue weighted by molar-refractivity contribution is -0.935. The molecule has 0 bridgehead atoms. The highest BCUT2D eigenvalue weighted by atomic mass is 35.5. The van der Waals surface area contributed by atoms with Gasteiger partial charge in [-0.3, -0.25) is 11.5 Å². The molecule has 1 aliphatic heterocycles. The Kier molecular flexibility index (Phi) is 9.12. The van der Waals surface area contributed by atoms with E-state index in [-0.39, 0.29) is 0 Å². The predicted octanol–water partition coefficient (Wildman–Crippen LogP) is 4.35. The molecule has 19 heavy (non-hydrogen) atoms. The van der Waals surface area contributed by atoms with Gasteiger partial charge >= 0.3 is 6.39 Å². The van der Waals surface area contributed by atoms with Crippen LogP contribution in [0.4, 0.5) is 12.9 Å². The van der Waals surface area contributed by atoms with Gasteiger partial charge in [0.25, 0.3) is 0 Å². The van der Waals surface area contributed by atoms with Crippen LogP contribution in [0.25, 0.3) is 0 Å². The Morgan fingerprint density at radius 2 is 1.68 bits per heavy atom. The molecule has 1 fully saturated rings. The molecule has 1 aliphatic rings. The highest BCUT2D eigenvalue weighted by Crippen LogP contribution is 2.21. The van der Waals surface area contributed by atoms with Crippen LogP contribution in [0.15, 0.2) is 0 Å². The monoisotopic (exact) mass is 303 g/mol. The van der Waals surface area contributed by atoms with E-state index in [1.807, 2.05) is 0 Å². The van der Waals surface area contributed by atoms with E-state index in [4.69, 9.17) is 4.74 Å². The summed E-state index contributed by atoms with van der Waals surface area (Å²) in [5.74, 6) is 0. The van der Waals surface area contributed by atoms with Crippen LogP contribution in [0.3, 0.4) is 0 Å². The van der Waals surface area contributed by atoms with Crippen molar-refractivity contribution in [3.05, 3.63) is 0 Å². The summed E-state index contributed by atoms with van der Waals surface area (Å²) in [5, 5.41) is 0. The van der Waals surface area contributed by atoms with Crippen LogP contribution in [0.5, 0.6) is 0 Å². The maximum atomic E-state index is 10.2. The van der Waals surface area contributed by atoms with E-state index < -0.39 is 6.39 Å². The van der Waals surface area contributed by atoms with E-state index in [1.165, 1.54) is 49.8 Å². The molecular formula is C12H26BClF3NO. The maximum Gasteiger partial charge on any atom is 0.576 e. The molecule has 0 saturated carbocycles. The first-order valence-corrected chi connectivity index (χ1v) is 7.46. The normalized spacial score (nSPS) is 18.3. The fourth-order valence-corrected chi connectivity index (χ4v) is 2.22. The molecule has 0 aliphatic carbocycles. The number of nitrogens with zero attached hydrogens (tertiary/aromatic N) is 1. The molecule has 1 saturated heterocycles. The van der Waals surface area contributed by atoms with E-state index in [9.17, 15) is 12.9 Å². The highest BCUT2D eigenvalue weighted by Gasteiger charge is 2.31. The Morgan fingerprint density at radius 1 is 1.21 bits per heavy atom. The van der Waals surface area contributed by atoms with Crippen molar-refractivity contribution < 1.29 is 22.2 Å². The molecule has 1 heterocycles. The summed E-state index contributed by atoms with van der Waals surface area (Å²) in [6.45, 7) is 11.5. The van der Waals surface area contributed by atoms with Crippen molar-refractivity contribution in [2.45, 2.75) is 52.6 Å². The van der Waals surface area contributed by atoms with Crippen molar-refractivity contribution >= 4 is 17.9 Å². The van der Waals surface area contributed by atoms with Gasteiger partial charge in [0.2, 0.25) is 0 Å². The molecule has 7 heteroatoms. The van der Waals surface area contributed by atoms with Crippen molar-refractivity contribution in [3.8, 4) is 0 Å². The van der Waals surface area contributed by atoms with Gasteiger partial charge in [-0.15, -0.1) is 0 Å². The summed E-state index contributed by atoms with van der Waals surface area (Å²) in [4.78, 5) is 0. The zero-order valence-electron chi connectivity index (χ0n) is 12.2. The standard InChI is InChI=1S/C12H26NO.BClF3/c1-4-5-8-13(9-6-7-10-13)11-14-12(2)3;2-1(3,4)5/h12H,4-11H2,1-3H3;/q+1;-1. The van der Waals surface area contributed by atoms with Gasteiger partial charge in [-0.2, -0.15) is 0 Å². The van der Waals surface area contributed by atoms with E-state index in [0.717, 1.165) is 6.73 Å². The van der Waals surface area contributed by atoms with Gasteiger partial charge in [0, 0.05) is 12.8 Å². The van der Waals surface area contributed by atoms with Crippen molar-refractivity contribution in [2.75, 3.05) is 26.4 Å². The van der Waals surface area contributed by atoms with Crippen molar-refractivity contribution in [1.29, 1.82) is 0 Å². The molecule has 0 radical (unpaired) electrons. The van der Waals surface area contributed by atoms with Gasteiger partial charge in [-0.1, -0.05) is 13.3 Å². The lowest BCUT2D eigenvalue weighted by Gasteiger charge is -2.34. The summed E-state index contributed by atoms with van der Waals surface area (Å²) in [6.07, 6.45) is 0.798. The summed E-state index contributed by atoms with van der Waals surface area (Å²) < 4.78 is 37.6. The molecule has 0 atom stereocenters. The summed E-state index contributed by atoms with van der Waals surface area (Å²) in [5.41, 5.74) is 0. The summed E-state index contributed by atoms with van der Waals surface area (Å²) >= 11 is 3.59. The smallest absolute Gasteiger partial charge is 0.435 e. The van der Waals surface area contributed by atoms with Gasteiger partial charge in [-0.25, -0.2) is 0 Å². The minimum absolute atomic E-state index is 0.382. The van der Waals surface area contributed by atoms with Crippen LogP contribution < -0.4 is 0 Å². The first-order chi connectivity index (χ1) is 8.68. The Labute approximate surface area is 119 Å². The SMILES string of the molecule is CCCC[N+]1(COC(C)C)CCCC1.F[B-](F)(F)Cl. The van der Waals surface area contributed by atoms with Crippen LogP contribution in [-0.2, 0) is 4.74 Å². The van der Waals surface area contributed by atoms with E-state index >= 15 is 0 Å². The van der Waals surface area contributed by atoms with Gasteiger partial charge in [-0.05, 0) is 20.3 Å². The van der Waals surface area contributed by atoms with Gasteiger partial charge < -0.3 is 22.2 Å². The van der Waals surface area contributed by atoms with Gasteiger partial charge in [0.15, 0.2) is 6.73 Å². The zero-order chi connectivity index (χ0) is 14.9. The van der Waals surface area contributed by atoms with Crippen LogP contribution >= 0.6 is 11.5 Å². The number of rotatable bonds is 6. The molecule has 2 nitrogen and oxygen atoms in total. The Morgan fingerprint density at radius 3 is 2.05 bits per heavy atom. The van der Waals surface area contributed by atoms with E-state index in [2.05, 4.69) is 32.2 Å². The first-order valence-electron chi connectivity index (χ1n) is 7.02. The fourth-order valence-electron chi connectivity index (χ4n) is 2.22. The second-order valence-electron chi connectivity index (χ2n) is 5.41. The molecule has 0 aromatic carbocycles. The fraction of sp³-hybridized carbons (Fsp3) is 1.00. The molecule has 116 valence electrons. The van der Waals surface area contributed by atoms with E-state index in [1.54, 1.807) is 0 Å². The zero-order valence-corrected chi connectivity index (χ0v) is 12.9. The summed E-state index contributed by atoms with van der Waals surface area (Å²) in [7, 11) is 0. The lowest BCUT2D eigenvalue weighted by Crippen LogP contribution is -2.48. The van der Waals surface area contributed by atoms with Crippen molar-refractivity contribution in [1.82, 2.24) is 0 Å². The summed E-state index contributed by atoms with van der Waals surface area (Å²) in [6, 6.07) is 0. The Balaban J connectivity index is 0.000000555. The Hall–Kier alpha value is 0.0649. The molecule has 1 rings (SSSR count). The van der Waals surface area contributed by atoms with E-state index in [0.29, 0.717) is 6.10 Å². The second-order valence-corrected chi connectivity index (χ2v) is 5.91. The average Bonchev–Trinajstić information content (AvgIpc) is 2.71. The minimum atomic E-state index is -5.03. The van der Waals surface area contributed by atoms with Crippen LogP contribution in [0, 0.1) is 0 Å². The predicted molar refractivity (Wildman–Crippen MR) is 75.0 cm³/mol. The number of halogens is 4. The number of hydrogen-bond acceptors (Lipinski definition) is 1. The quantitative estimate of drug-likeness (QED) is 0.523. The molecule has 0 N–H and O–H groups in total. The molecular weight excluding hydrogens is 277 g/mol. The van der Waals surface area contributed by atoms with Crippen LogP contribution in [0.2, 0.25) is 0 Å². The average molecular weight is 304 g/mol. The third kappa shape index (κ3) is 11.6. The first kappa shape index (κ1) is 19.1. The van der Waals surface area contributed by atoms with Gasteiger partial charge in [0.1, 0.15) is 0 Å². The lowest BCUT2D eigenvalue weighted by atomic mass is 10.3. The molecule has 0 aromatic rings. The highest BCUT2D eigenvalue weighted by molar-refractivity contribution is 7.08. The third-order valence-corrected chi connectivity index (χ3v) is 3.18. The number of ether oxygens (including phenoxy) is 1. The molecule has 0 aromatic heterocycles. The Bertz CT molecular complexity index is 228. The topological polar surface area (TPSA) is 9.23 Å². The molecule has 0 unspecified atom stereocenters. The largest absolute Gasteiger partial charge is 0.576 e. The van der Waals surface area contributed by atoms with Gasteiger partial charge in [0.05, 0.1) is 25.7 Å². The van der Waals surface area contributed by atoms with Crippen LogP contribution in [0.1, 0.15) is 46.5 Å². The number of unbranched alkanes of at least 4 members (excludes halogenated alkanes) is 1. The van der Waals surface area contributed by atoms with Crippen LogP contribution in [-0.4, -0.2) is 43.3 Å². The third-order valence-electron chi connectivity index (χ3n) is 3.18. The number of quaternary nitrogens is 1. The molecule has 0 amide bonds.